The van der Waals surface area contributed by atoms with Gasteiger partial charge in [0, 0.05) is 22.9 Å². The van der Waals surface area contributed by atoms with E-state index < -0.39 is 20.5 Å². The molecule has 0 aliphatic carbocycles. The van der Waals surface area contributed by atoms with Crippen LogP contribution in [0, 0.1) is 20.5 Å². The van der Waals surface area contributed by atoms with Crippen molar-refractivity contribution in [3.05, 3.63) is 48.5 Å². The Morgan fingerprint density at radius 2 is 0.913 bits per heavy atom. The molecule has 0 aliphatic rings. The number of para-hydroxylation sites is 2. The van der Waals surface area contributed by atoms with E-state index in [0.717, 1.165) is 21.2 Å². The third-order valence-corrected chi connectivity index (χ3v) is 7.21. The minimum Gasteiger partial charge on any atom is -0.457 e. The van der Waals surface area contributed by atoms with Crippen LogP contribution in [0.2, 0.25) is 0 Å². The van der Waals surface area contributed by atoms with Crippen molar-refractivity contribution in [1.29, 1.82) is 0 Å². The average molecular weight is 789 g/mol. The number of carbonyl (C=O) groups excluding carboxylic acids is 2. The van der Waals surface area contributed by atoms with Crippen LogP contribution in [0.4, 0.5) is 11.4 Å². The van der Waals surface area contributed by atoms with Crippen LogP contribution < -0.4 is 47.9 Å². The van der Waals surface area contributed by atoms with Gasteiger partial charge in [0.2, 0.25) is 11.8 Å². The summed E-state index contributed by atoms with van der Waals surface area (Å²) in [6, 6.07) is 15.0. The van der Waals surface area contributed by atoms with Crippen molar-refractivity contribution in [3.63, 3.8) is 0 Å². The van der Waals surface area contributed by atoms with E-state index in [0.29, 0.717) is 13.1 Å². The zero-order chi connectivity index (χ0) is 32.7. The molecule has 0 unspecified atom stereocenters. The molecule has 2 amide bonds. The summed E-state index contributed by atoms with van der Waals surface area (Å²) >= 11 is 3.21. The van der Waals surface area contributed by atoms with E-state index in [4.69, 9.17) is 37.3 Å². The van der Waals surface area contributed by atoms with E-state index >= 15 is 0 Å². The van der Waals surface area contributed by atoms with Gasteiger partial charge in [-0.15, -0.1) is 44.0 Å². The summed E-state index contributed by atoms with van der Waals surface area (Å²) < 4.78 is 67.9. The summed E-state index contributed by atoms with van der Waals surface area (Å²) in [6.45, 7) is 5.11. The maximum Gasteiger partial charge on any atom is 2.00 e. The molecule has 0 fully saturated rings. The van der Waals surface area contributed by atoms with Gasteiger partial charge in [-0.3, -0.25) is 19.4 Å². The number of anilines is 2. The SMILES string of the molecule is CSc1ccccc1NC(=O)[C@H](C)N(C)CCN(C)[C@@H](C)C(=O)Nc1ccccc1SC.O.[Co+2].[O-][Cl+3]([O-])([O-])[O-].[O-][Cl+3]([O-])([O-])[O-].[OH3+].[OH3+]. The quantitative estimate of drug-likeness (QED) is 0.158. The second kappa shape index (κ2) is 26.6. The summed E-state index contributed by atoms with van der Waals surface area (Å²) in [6.07, 6.45) is 3.99. The number of halogens is 2. The first kappa shape index (κ1) is 54.1. The molecule has 2 aromatic rings. The number of nitrogens with zero attached hydrogens (tertiary/aromatic N) is 2. The van der Waals surface area contributed by atoms with Crippen LogP contribution in [0.15, 0.2) is 58.3 Å². The number of hydrogen-bond acceptors (Lipinski definition) is 14. The van der Waals surface area contributed by atoms with Gasteiger partial charge in [0.15, 0.2) is 0 Å². The molecule has 10 N–H and O–H groups in total. The van der Waals surface area contributed by atoms with E-state index in [1.165, 1.54) is 0 Å². The third-order valence-electron chi connectivity index (χ3n) is 5.62. The fraction of sp³-hybridized carbons (Fsp3) is 0.417. The molecular formula is C24H42Cl2CoN4O13S2+2. The summed E-state index contributed by atoms with van der Waals surface area (Å²) in [5, 5.41) is 6.06. The molecule has 0 bridgehead atoms. The Morgan fingerprint density at radius 3 is 1.15 bits per heavy atom. The molecule has 0 saturated heterocycles. The van der Waals surface area contributed by atoms with Gasteiger partial charge in [-0.05, 0) is 64.7 Å². The number of amides is 2. The summed E-state index contributed by atoms with van der Waals surface area (Å²) in [7, 11) is -6.03. The second-order valence-electron chi connectivity index (χ2n) is 8.45. The van der Waals surface area contributed by atoms with Crippen molar-refractivity contribution in [1.82, 2.24) is 9.80 Å². The first-order chi connectivity index (χ1) is 19.3. The largest absolute Gasteiger partial charge is 2.00 e. The molecule has 17 nitrogen and oxygen atoms in total. The second-order valence-corrected chi connectivity index (χ2v) is 11.7. The van der Waals surface area contributed by atoms with Crippen LogP contribution in [-0.2, 0) is 37.3 Å². The molecule has 22 heteroatoms. The predicted molar refractivity (Wildman–Crippen MR) is 151 cm³/mol. The Bertz CT molecular complexity index is 1020. The monoisotopic (exact) mass is 787 g/mol. The fourth-order valence-corrected chi connectivity index (χ4v) is 4.18. The number of nitrogens with one attached hydrogen (secondary N) is 2. The number of likely N-dealkylation sites (N-methyl/N-ethyl adjacent to an activating group) is 2. The Balaban J connectivity index is -0.000000349. The van der Waals surface area contributed by atoms with Gasteiger partial charge in [-0.1, -0.05) is 24.3 Å². The molecule has 46 heavy (non-hydrogen) atoms. The van der Waals surface area contributed by atoms with Crippen molar-refractivity contribution in [2.75, 3.05) is 50.3 Å². The van der Waals surface area contributed by atoms with Gasteiger partial charge in [-0.25, -0.2) is 37.3 Å². The average Bonchev–Trinajstić information content (AvgIpc) is 2.89. The number of hydrogen-bond donors (Lipinski definition) is 2. The van der Waals surface area contributed by atoms with E-state index in [1.807, 2.05) is 98.8 Å². The van der Waals surface area contributed by atoms with E-state index in [1.54, 1.807) is 23.5 Å². The van der Waals surface area contributed by atoms with Gasteiger partial charge < -0.3 is 27.1 Å². The summed E-state index contributed by atoms with van der Waals surface area (Å²) in [5.74, 6) is -0.0905. The van der Waals surface area contributed by atoms with Crippen molar-refractivity contribution in [3.8, 4) is 0 Å². The van der Waals surface area contributed by atoms with Crippen LogP contribution in [0.1, 0.15) is 13.8 Å². The maximum atomic E-state index is 12.7. The van der Waals surface area contributed by atoms with Gasteiger partial charge in [0.25, 0.3) is 0 Å². The third kappa shape index (κ3) is 25.7. The molecule has 0 heterocycles. The number of thioether (sulfide) groups is 2. The zero-order valence-electron chi connectivity index (χ0n) is 25.7. The number of carbonyl (C=O) groups is 2. The molecule has 2 aromatic carbocycles. The van der Waals surface area contributed by atoms with Gasteiger partial charge >= 0.3 is 16.8 Å². The van der Waals surface area contributed by atoms with Crippen molar-refractivity contribution >= 4 is 46.7 Å². The standard InChI is InChI=1S/C24H34N4O2S2.2ClHO4.Co.3H2O/c1-17(23(29)25-19-11-7-9-13-21(19)31-5)27(3)15-16-28(4)18(2)24(30)26-20-12-8-10-14-22(20)32-6;2*2-1(3,4)5;;;;/h7-14,17-18H,15-16H2,1-6H3,(H,25,29)(H,26,30);2*(H,2,3,4,5);;3*1H2/q;;;+2;;;/t17-,18-;;;;;;/m0....../s1. The molecule has 0 saturated carbocycles. The molecule has 269 valence electrons. The van der Waals surface area contributed by atoms with Crippen LogP contribution in [0.5, 0.6) is 0 Å². The molecule has 0 aliphatic heterocycles. The summed E-state index contributed by atoms with van der Waals surface area (Å²) in [5.41, 5.74) is 1.66. The van der Waals surface area contributed by atoms with Crippen molar-refractivity contribution in [2.24, 2.45) is 0 Å². The van der Waals surface area contributed by atoms with Gasteiger partial charge in [-0.2, -0.15) is 0 Å². The molecule has 0 aromatic heterocycles. The van der Waals surface area contributed by atoms with Crippen LogP contribution >= 0.6 is 23.5 Å². The Morgan fingerprint density at radius 1 is 0.674 bits per heavy atom. The number of benzene rings is 2. The zero-order valence-corrected chi connectivity index (χ0v) is 29.9. The molecule has 2 atom stereocenters. The van der Waals surface area contributed by atoms with Crippen molar-refractivity contribution < 1.29 is 101 Å². The smallest absolute Gasteiger partial charge is 0.457 e. The fourth-order valence-electron chi connectivity index (χ4n) is 3.07. The van der Waals surface area contributed by atoms with Crippen LogP contribution in [-0.4, -0.2) is 78.9 Å². The normalized spacial score (nSPS) is 11.7. The molecule has 1 radical (unpaired) electrons. The van der Waals surface area contributed by atoms with Gasteiger partial charge in [0.1, 0.15) is 0 Å². The van der Waals surface area contributed by atoms with Crippen molar-refractivity contribution in [2.45, 2.75) is 35.7 Å². The first-order valence-electron chi connectivity index (χ1n) is 11.8. The topological polar surface area (TPSA) is 347 Å². The minimum atomic E-state index is -4.94. The summed E-state index contributed by atoms with van der Waals surface area (Å²) in [4.78, 5) is 31.5. The minimum absolute atomic E-state index is 0. The van der Waals surface area contributed by atoms with E-state index in [2.05, 4.69) is 10.6 Å². The first-order valence-corrected chi connectivity index (χ1v) is 16.7. The molecule has 2 rings (SSSR count). The Hall–Kier alpha value is -1.35. The van der Waals surface area contributed by atoms with E-state index in [-0.39, 0.29) is 57.1 Å². The van der Waals surface area contributed by atoms with Crippen LogP contribution in [0.25, 0.3) is 0 Å². The van der Waals surface area contributed by atoms with Gasteiger partial charge in [0.05, 0.1) is 23.5 Å². The molecular weight excluding hydrogens is 746 g/mol. The predicted octanol–water partition coefficient (Wildman–Crippen LogP) is -7.83. The maximum absolute atomic E-state index is 12.7. The molecule has 0 spiro atoms. The Kier molecular flexibility index (Phi) is 31.3. The Labute approximate surface area is 290 Å². The number of rotatable bonds is 11. The van der Waals surface area contributed by atoms with E-state index in [9.17, 15) is 9.59 Å². The van der Waals surface area contributed by atoms with Crippen LogP contribution in [0.3, 0.4) is 0 Å².